The van der Waals surface area contributed by atoms with E-state index in [0.717, 1.165) is 11.3 Å². The Morgan fingerprint density at radius 1 is 1.15 bits per heavy atom. The molecule has 9 heteroatoms. The van der Waals surface area contributed by atoms with E-state index in [-0.39, 0.29) is 35.0 Å². The van der Waals surface area contributed by atoms with Crippen molar-refractivity contribution in [3.63, 3.8) is 0 Å². The number of nitrogens with zero attached hydrogens (tertiary/aromatic N) is 2. The fourth-order valence-corrected chi connectivity index (χ4v) is 4.81. The zero-order valence-corrected chi connectivity index (χ0v) is 19.8. The zero-order chi connectivity index (χ0) is 24.4. The highest BCUT2D eigenvalue weighted by atomic mass is 32.1. The molecule has 34 heavy (non-hydrogen) atoms. The van der Waals surface area contributed by atoms with Crippen molar-refractivity contribution < 1.29 is 24.5 Å². The zero-order valence-electron chi connectivity index (χ0n) is 18.9. The molecule has 2 aromatic carbocycles. The third-order valence-electron chi connectivity index (χ3n) is 5.36. The van der Waals surface area contributed by atoms with Gasteiger partial charge in [0.05, 0.1) is 23.3 Å². The number of phenols is 2. The molecule has 2 heterocycles. The van der Waals surface area contributed by atoms with Crippen LogP contribution in [0, 0.1) is 0 Å². The first kappa shape index (κ1) is 23.3. The van der Waals surface area contributed by atoms with E-state index < -0.39 is 12.0 Å². The number of hydrogen-bond acceptors (Lipinski definition) is 8. The van der Waals surface area contributed by atoms with Crippen LogP contribution in [0.1, 0.15) is 37.9 Å². The number of carbonyl (C=O) groups is 1. The number of allylic oxidation sites excluding steroid dienone is 1. The average molecular weight is 481 g/mol. The van der Waals surface area contributed by atoms with Crippen LogP contribution in [0.25, 0.3) is 11.8 Å². The molecular weight excluding hydrogens is 456 g/mol. The maximum atomic E-state index is 13.3. The van der Waals surface area contributed by atoms with Gasteiger partial charge in [-0.1, -0.05) is 35.6 Å². The molecule has 1 aliphatic rings. The number of para-hydroxylation sites is 1. The highest BCUT2D eigenvalue weighted by Crippen LogP contribution is 2.36. The lowest BCUT2D eigenvalue weighted by molar-refractivity contribution is -0.138. The molecule has 0 bridgehead atoms. The van der Waals surface area contributed by atoms with Crippen molar-refractivity contribution in [1.29, 1.82) is 0 Å². The van der Waals surface area contributed by atoms with E-state index in [9.17, 15) is 19.8 Å². The molecule has 176 valence electrons. The molecule has 0 fully saturated rings. The Labute approximate surface area is 199 Å². The van der Waals surface area contributed by atoms with Gasteiger partial charge in [-0.2, -0.15) is 0 Å². The molecule has 1 aliphatic heterocycles. The van der Waals surface area contributed by atoms with Gasteiger partial charge in [0.15, 0.2) is 16.3 Å². The SMILES string of the molecule is CCOC(=O)C1=C(C)n2c(s/c(=C\c3ccccc3O)c2=O)=N[C@H]1c1ccc(O)c(OCC)c1. The van der Waals surface area contributed by atoms with Crippen LogP contribution >= 0.6 is 11.3 Å². The van der Waals surface area contributed by atoms with Crippen molar-refractivity contribution in [3.05, 3.63) is 78.9 Å². The molecule has 0 spiro atoms. The molecule has 2 N–H and O–H groups in total. The van der Waals surface area contributed by atoms with Gasteiger partial charge in [-0.15, -0.1) is 0 Å². The van der Waals surface area contributed by atoms with Crippen LogP contribution in [0.15, 0.2) is 57.8 Å². The lowest BCUT2D eigenvalue weighted by Gasteiger charge is -2.22. The normalized spacial score (nSPS) is 15.6. The molecule has 0 unspecified atom stereocenters. The van der Waals surface area contributed by atoms with Crippen LogP contribution in [0.4, 0.5) is 0 Å². The number of ether oxygens (including phenoxy) is 2. The van der Waals surface area contributed by atoms with Crippen LogP contribution in [0.5, 0.6) is 17.2 Å². The highest BCUT2D eigenvalue weighted by molar-refractivity contribution is 7.07. The van der Waals surface area contributed by atoms with Crippen molar-refractivity contribution in [1.82, 2.24) is 4.57 Å². The smallest absolute Gasteiger partial charge is 0.338 e. The van der Waals surface area contributed by atoms with Gasteiger partial charge in [0.25, 0.3) is 5.56 Å². The summed E-state index contributed by atoms with van der Waals surface area (Å²) in [5.74, 6) is -0.263. The molecule has 0 saturated heterocycles. The molecule has 0 radical (unpaired) electrons. The van der Waals surface area contributed by atoms with Gasteiger partial charge in [-0.05, 0) is 50.6 Å². The van der Waals surface area contributed by atoms with Gasteiger partial charge >= 0.3 is 5.97 Å². The minimum absolute atomic E-state index is 0.0209. The third-order valence-corrected chi connectivity index (χ3v) is 6.35. The molecule has 1 atom stereocenters. The lowest BCUT2D eigenvalue weighted by Crippen LogP contribution is -2.35. The third kappa shape index (κ3) is 4.22. The second-order valence-corrected chi connectivity index (χ2v) is 8.51. The number of aromatic hydroxyl groups is 2. The first-order valence-corrected chi connectivity index (χ1v) is 11.6. The minimum atomic E-state index is -0.755. The van der Waals surface area contributed by atoms with E-state index in [4.69, 9.17) is 14.5 Å². The first-order valence-electron chi connectivity index (χ1n) is 10.8. The molecule has 0 aliphatic carbocycles. The van der Waals surface area contributed by atoms with Gasteiger partial charge in [-0.3, -0.25) is 9.36 Å². The lowest BCUT2D eigenvalue weighted by atomic mass is 9.96. The van der Waals surface area contributed by atoms with Crippen molar-refractivity contribution in [2.75, 3.05) is 13.2 Å². The molecular formula is C25H24N2O6S. The fourth-order valence-electron chi connectivity index (χ4n) is 3.78. The van der Waals surface area contributed by atoms with E-state index in [2.05, 4.69) is 0 Å². The monoisotopic (exact) mass is 480 g/mol. The van der Waals surface area contributed by atoms with Crippen LogP contribution in [0.3, 0.4) is 0 Å². The number of esters is 1. The van der Waals surface area contributed by atoms with E-state index in [1.54, 1.807) is 63.2 Å². The van der Waals surface area contributed by atoms with Gasteiger partial charge in [0.2, 0.25) is 0 Å². The average Bonchev–Trinajstić information content (AvgIpc) is 3.12. The summed E-state index contributed by atoms with van der Waals surface area (Å²) in [5, 5.41) is 20.2. The Kier molecular flexibility index (Phi) is 6.56. The summed E-state index contributed by atoms with van der Waals surface area (Å²) in [5.41, 5.74) is 1.42. The fraction of sp³-hybridized carbons (Fsp3) is 0.240. The number of thiazole rings is 1. The number of fused-ring (bicyclic) bond motifs is 1. The summed E-state index contributed by atoms with van der Waals surface area (Å²) < 4.78 is 12.5. The van der Waals surface area contributed by atoms with Crippen molar-refractivity contribution >= 4 is 29.1 Å². The van der Waals surface area contributed by atoms with E-state index >= 15 is 0 Å². The minimum Gasteiger partial charge on any atom is -0.507 e. The van der Waals surface area contributed by atoms with E-state index in [1.165, 1.54) is 10.6 Å². The maximum Gasteiger partial charge on any atom is 0.338 e. The topological polar surface area (TPSA) is 110 Å². The summed E-state index contributed by atoms with van der Waals surface area (Å²) in [6.07, 6.45) is 1.60. The second-order valence-electron chi connectivity index (χ2n) is 7.50. The number of hydrogen-bond donors (Lipinski definition) is 2. The number of carbonyl (C=O) groups excluding carboxylic acids is 1. The number of phenolic OH excluding ortho intramolecular Hbond substituents is 2. The second kappa shape index (κ2) is 9.56. The summed E-state index contributed by atoms with van der Waals surface area (Å²) in [7, 11) is 0. The van der Waals surface area contributed by atoms with Crippen LogP contribution in [-0.4, -0.2) is 34.0 Å². The summed E-state index contributed by atoms with van der Waals surface area (Å²) in [6, 6.07) is 10.7. The Bertz CT molecular complexity index is 1470. The highest BCUT2D eigenvalue weighted by Gasteiger charge is 2.32. The molecule has 1 aromatic heterocycles. The molecule has 0 saturated carbocycles. The van der Waals surface area contributed by atoms with Crippen LogP contribution in [-0.2, 0) is 9.53 Å². The van der Waals surface area contributed by atoms with Crippen molar-refractivity contribution in [3.8, 4) is 17.2 Å². The molecule has 0 amide bonds. The van der Waals surface area contributed by atoms with Gasteiger partial charge < -0.3 is 19.7 Å². The van der Waals surface area contributed by atoms with Crippen molar-refractivity contribution in [2.24, 2.45) is 4.99 Å². The predicted octanol–water partition coefficient (Wildman–Crippen LogP) is 2.72. The largest absolute Gasteiger partial charge is 0.507 e. The standard InChI is InChI=1S/C25H24N2O6S/c1-4-32-19-12-16(10-11-18(19)29)22-21(24(31)33-5-2)14(3)27-23(30)20(34-25(27)26-22)13-15-8-6-7-9-17(15)28/h6-13,22,28-29H,4-5H2,1-3H3/b20-13-/t22-/m0/s1. The van der Waals surface area contributed by atoms with Gasteiger partial charge in [0, 0.05) is 11.3 Å². The Morgan fingerprint density at radius 3 is 2.62 bits per heavy atom. The molecule has 3 aromatic rings. The Hall–Kier alpha value is -3.85. The number of rotatable bonds is 6. The summed E-state index contributed by atoms with van der Waals surface area (Å²) >= 11 is 1.16. The number of aromatic nitrogens is 1. The van der Waals surface area contributed by atoms with Gasteiger partial charge in [-0.25, -0.2) is 9.79 Å². The van der Waals surface area contributed by atoms with E-state index in [1.807, 2.05) is 0 Å². The predicted molar refractivity (Wildman–Crippen MR) is 129 cm³/mol. The summed E-state index contributed by atoms with van der Waals surface area (Å²) in [4.78, 5) is 31.4. The molecule has 8 nitrogen and oxygen atoms in total. The summed E-state index contributed by atoms with van der Waals surface area (Å²) in [6.45, 7) is 5.71. The van der Waals surface area contributed by atoms with Crippen LogP contribution in [0.2, 0.25) is 0 Å². The maximum absolute atomic E-state index is 13.3. The number of benzene rings is 2. The first-order chi connectivity index (χ1) is 16.3. The van der Waals surface area contributed by atoms with Gasteiger partial charge in [0.1, 0.15) is 11.8 Å². The van der Waals surface area contributed by atoms with Crippen molar-refractivity contribution in [2.45, 2.75) is 26.8 Å². The van der Waals surface area contributed by atoms with E-state index in [0.29, 0.717) is 32.8 Å². The quantitative estimate of drug-likeness (QED) is 0.525. The Morgan fingerprint density at radius 2 is 1.91 bits per heavy atom. The molecule has 4 rings (SSSR count). The Balaban J connectivity index is 1.95. The van der Waals surface area contributed by atoms with Crippen LogP contribution < -0.4 is 19.6 Å².